The second kappa shape index (κ2) is 5.08. The molecule has 0 spiro atoms. The second-order valence-corrected chi connectivity index (χ2v) is 4.18. The van der Waals surface area contributed by atoms with E-state index in [-0.39, 0.29) is 11.5 Å². The first-order chi connectivity index (χ1) is 9.41. The van der Waals surface area contributed by atoms with Crippen LogP contribution < -0.4 is 5.32 Å². The van der Waals surface area contributed by atoms with Gasteiger partial charge in [0.2, 0.25) is 0 Å². The predicted molar refractivity (Wildman–Crippen MR) is 69.6 cm³/mol. The number of anilines is 1. The van der Waals surface area contributed by atoms with Gasteiger partial charge in [0.1, 0.15) is 0 Å². The number of carbonyl (C=O) groups excluding carboxylic acids is 1. The highest BCUT2D eigenvalue weighted by Gasteiger charge is 2.20. The third kappa shape index (κ3) is 2.35. The van der Waals surface area contributed by atoms with E-state index in [9.17, 15) is 9.59 Å². The maximum Gasteiger partial charge on any atom is 0.358 e. The molecule has 0 aliphatic heterocycles. The lowest BCUT2D eigenvalue weighted by Crippen LogP contribution is -2.18. The Labute approximate surface area is 114 Å². The van der Waals surface area contributed by atoms with E-state index >= 15 is 0 Å². The zero-order chi connectivity index (χ0) is 14.9. The second-order valence-electron chi connectivity index (χ2n) is 4.18. The molecule has 104 valence electrons. The smallest absolute Gasteiger partial charge is 0.358 e. The van der Waals surface area contributed by atoms with Crippen LogP contribution >= 0.6 is 0 Å². The van der Waals surface area contributed by atoms with E-state index in [1.165, 1.54) is 12.4 Å². The van der Waals surface area contributed by atoms with E-state index in [1.54, 1.807) is 25.6 Å². The average molecular weight is 275 g/mol. The van der Waals surface area contributed by atoms with Crippen molar-refractivity contribution in [3.8, 4) is 0 Å². The molecular formula is C12H13N5O3. The fourth-order valence-electron chi connectivity index (χ4n) is 1.86. The van der Waals surface area contributed by atoms with Gasteiger partial charge < -0.3 is 10.4 Å². The van der Waals surface area contributed by atoms with Crippen LogP contribution in [0.25, 0.3) is 0 Å². The van der Waals surface area contributed by atoms with Gasteiger partial charge in [0, 0.05) is 25.1 Å². The number of carboxylic acids is 1. The summed E-state index contributed by atoms with van der Waals surface area (Å²) in [5.74, 6) is -1.81. The highest BCUT2D eigenvalue weighted by atomic mass is 16.4. The van der Waals surface area contributed by atoms with Crippen LogP contribution in [-0.2, 0) is 7.05 Å². The maximum atomic E-state index is 12.2. The molecular weight excluding hydrogens is 262 g/mol. The van der Waals surface area contributed by atoms with Crippen molar-refractivity contribution >= 4 is 17.7 Å². The number of aryl methyl sites for hydroxylation is 2. The molecule has 0 atom stereocenters. The minimum Gasteiger partial charge on any atom is -0.476 e. The van der Waals surface area contributed by atoms with Crippen molar-refractivity contribution in [2.45, 2.75) is 13.8 Å². The van der Waals surface area contributed by atoms with Crippen LogP contribution in [0.3, 0.4) is 0 Å². The number of carboxylic acid groups (broad SMARTS) is 1. The van der Waals surface area contributed by atoms with Crippen LogP contribution in [0, 0.1) is 13.8 Å². The molecule has 20 heavy (non-hydrogen) atoms. The summed E-state index contributed by atoms with van der Waals surface area (Å²) in [4.78, 5) is 30.7. The molecule has 0 aliphatic rings. The molecule has 0 radical (unpaired) electrons. The van der Waals surface area contributed by atoms with Crippen LogP contribution in [-0.4, -0.2) is 36.7 Å². The van der Waals surface area contributed by atoms with Gasteiger partial charge >= 0.3 is 5.97 Å². The normalized spacial score (nSPS) is 10.3. The lowest BCUT2D eigenvalue weighted by Gasteiger charge is -2.06. The van der Waals surface area contributed by atoms with Gasteiger partial charge in [-0.1, -0.05) is 0 Å². The summed E-state index contributed by atoms with van der Waals surface area (Å²) in [5, 5.41) is 15.6. The Hall–Kier alpha value is -2.77. The summed E-state index contributed by atoms with van der Waals surface area (Å²) in [5.41, 5.74) is 1.33. The fraction of sp³-hybridized carbons (Fsp3) is 0.250. The summed E-state index contributed by atoms with van der Waals surface area (Å²) in [7, 11) is 1.73. The minimum atomic E-state index is -1.26. The van der Waals surface area contributed by atoms with Crippen LogP contribution in [0.1, 0.15) is 32.2 Å². The quantitative estimate of drug-likeness (QED) is 0.856. The Morgan fingerprint density at radius 1 is 1.25 bits per heavy atom. The van der Waals surface area contributed by atoms with Crippen molar-refractivity contribution in [3.63, 3.8) is 0 Å². The Morgan fingerprint density at radius 3 is 2.45 bits per heavy atom. The molecule has 0 saturated heterocycles. The van der Waals surface area contributed by atoms with Gasteiger partial charge in [0.05, 0.1) is 11.3 Å². The number of carbonyl (C=O) groups is 2. The summed E-state index contributed by atoms with van der Waals surface area (Å²) >= 11 is 0. The minimum absolute atomic E-state index is 0.0901. The SMILES string of the molecule is Cc1nn(C)c(C)c1C(=O)Nc1nccnc1C(=O)O. The average Bonchev–Trinajstić information content (AvgIpc) is 2.63. The van der Waals surface area contributed by atoms with Gasteiger partial charge in [0.15, 0.2) is 11.5 Å². The third-order valence-electron chi connectivity index (χ3n) is 2.87. The molecule has 2 aromatic heterocycles. The van der Waals surface area contributed by atoms with Gasteiger partial charge in [-0.15, -0.1) is 0 Å². The molecule has 2 heterocycles. The Balaban J connectivity index is 2.36. The van der Waals surface area contributed by atoms with E-state index in [4.69, 9.17) is 5.11 Å². The monoisotopic (exact) mass is 275 g/mol. The van der Waals surface area contributed by atoms with Gasteiger partial charge in [-0.2, -0.15) is 5.10 Å². The van der Waals surface area contributed by atoms with E-state index in [2.05, 4.69) is 20.4 Å². The van der Waals surface area contributed by atoms with Crippen molar-refractivity contribution in [1.82, 2.24) is 19.7 Å². The fourth-order valence-corrected chi connectivity index (χ4v) is 1.86. The molecule has 0 fully saturated rings. The molecule has 8 nitrogen and oxygen atoms in total. The molecule has 2 N–H and O–H groups in total. The third-order valence-corrected chi connectivity index (χ3v) is 2.87. The number of rotatable bonds is 3. The number of aromatic carboxylic acids is 1. The highest BCUT2D eigenvalue weighted by Crippen LogP contribution is 2.15. The number of amides is 1. The molecule has 8 heteroatoms. The van der Waals surface area contributed by atoms with Crippen molar-refractivity contribution in [2.75, 3.05) is 5.32 Å². The first-order valence-corrected chi connectivity index (χ1v) is 5.77. The summed E-state index contributed by atoms with van der Waals surface area (Å²) in [6.07, 6.45) is 2.56. The van der Waals surface area contributed by atoms with E-state index in [1.807, 2.05) is 0 Å². The summed E-state index contributed by atoms with van der Waals surface area (Å²) in [6.45, 7) is 3.46. The molecule has 0 unspecified atom stereocenters. The molecule has 0 aliphatic carbocycles. The van der Waals surface area contributed by atoms with E-state index in [0.717, 1.165) is 0 Å². The highest BCUT2D eigenvalue weighted by molar-refractivity contribution is 6.07. The first kappa shape index (κ1) is 13.7. The number of aromatic nitrogens is 4. The first-order valence-electron chi connectivity index (χ1n) is 5.77. The Morgan fingerprint density at radius 2 is 1.90 bits per heavy atom. The summed E-state index contributed by atoms with van der Waals surface area (Å²) in [6, 6.07) is 0. The van der Waals surface area contributed by atoms with Crippen LogP contribution in [0.4, 0.5) is 5.82 Å². The zero-order valence-corrected chi connectivity index (χ0v) is 11.2. The molecule has 0 bridgehead atoms. The predicted octanol–water partition coefficient (Wildman–Crippen LogP) is 0.777. The molecule has 1 amide bonds. The van der Waals surface area contributed by atoms with Gasteiger partial charge in [0.25, 0.3) is 5.91 Å². The van der Waals surface area contributed by atoms with Gasteiger partial charge in [-0.05, 0) is 13.8 Å². The van der Waals surface area contributed by atoms with Crippen molar-refractivity contribution < 1.29 is 14.7 Å². The summed E-state index contributed by atoms with van der Waals surface area (Å²) < 4.78 is 1.58. The number of nitrogens with one attached hydrogen (secondary N) is 1. The van der Waals surface area contributed by atoms with Crippen LogP contribution in [0.5, 0.6) is 0 Å². The van der Waals surface area contributed by atoms with E-state index < -0.39 is 11.9 Å². The van der Waals surface area contributed by atoms with Crippen molar-refractivity contribution in [2.24, 2.45) is 7.05 Å². The molecule has 2 aromatic rings. The zero-order valence-electron chi connectivity index (χ0n) is 11.2. The van der Waals surface area contributed by atoms with E-state index in [0.29, 0.717) is 17.0 Å². The van der Waals surface area contributed by atoms with Crippen LogP contribution in [0.15, 0.2) is 12.4 Å². The molecule has 0 aromatic carbocycles. The Kier molecular flexibility index (Phi) is 3.47. The van der Waals surface area contributed by atoms with Gasteiger partial charge in [-0.3, -0.25) is 9.48 Å². The standard InChI is InChI=1S/C12H13N5O3/c1-6-8(7(2)17(3)16-6)11(18)15-10-9(12(19)20)13-4-5-14-10/h4-5H,1-3H3,(H,19,20)(H,14,15,18). The molecule has 0 saturated carbocycles. The largest absolute Gasteiger partial charge is 0.476 e. The maximum absolute atomic E-state index is 12.2. The van der Waals surface area contributed by atoms with Crippen molar-refractivity contribution in [3.05, 3.63) is 35.0 Å². The number of hydrogen-bond acceptors (Lipinski definition) is 5. The van der Waals surface area contributed by atoms with Gasteiger partial charge in [-0.25, -0.2) is 14.8 Å². The topological polar surface area (TPSA) is 110 Å². The number of hydrogen-bond donors (Lipinski definition) is 2. The lowest BCUT2D eigenvalue weighted by molar-refractivity contribution is 0.0691. The van der Waals surface area contributed by atoms with Crippen molar-refractivity contribution in [1.29, 1.82) is 0 Å². The molecule has 2 rings (SSSR count). The Bertz CT molecular complexity index is 692. The number of nitrogens with zero attached hydrogens (tertiary/aromatic N) is 4. The van der Waals surface area contributed by atoms with Crippen LogP contribution in [0.2, 0.25) is 0 Å². The lowest BCUT2D eigenvalue weighted by atomic mass is 10.2.